The van der Waals surface area contributed by atoms with Crippen LogP contribution in [0.5, 0.6) is 0 Å². The van der Waals surface area contributed by atoms with Crippen molar-refractivity contribution in [1.82, 2.24) is 0 Å². The Morgan fingerprint density at radius 1 is 0.526 bits per heavy atom. The molecule has 0 aromatic carbocycles. The van der Waals surface area contributed by atoms with Crippen molar-refractivity contribution >= 4 is 21.6 Å². The van der Waals surface area contributed by atoms with E-state index in [4.69, 9.17) is 0 Å². The van der Waals surface area contributed by atoms with Gasteiger partial charge in [-0.15, -0.1) is 0 Å². The first kappa shape index (κ1) is 32.9. The van der Waals surface area contributed by atoms with Crippen molar-refractivity contribution in [1.29, 1.82) is 0 Å². The lowest BCUT2D eigenvalue weighted by Gasteiger charge is -2.41. The summed E-state index contributed by atoms with van der Waals surface area (Å²) < 4.78 is 0. The second-order valence-electron chi connectivity index (χ2n) is 15.5. The highest BCUT2D eigenvalue weighted by Gasteiger charge is 2.42. The van der Waals surface area contributed by atoms with Crippen LogP contribution in [-0.2, 0) is 0 Å². The average Bonchev–Trinajstić information content (AvgIpc) is 2.67. The minimum Gasteiger partial charge on any atom is -0.508 e. The fourth-order valence-electron chi connectivity index (χ4n) is 5.21. The van der Waals surface area contributed by atoms with Gasteiger partial charge in [0.15, 0.2) is 0 Å². The molecule has 2 aliphatic rings. The second kappa shape index (κ2) is 11.0. The van der Waals surface area contributed by atoms with E-state index in [0.29, 0.717) is 11.5 Å². The highest BCUT2D eigenvalue weighted by atomic mass is 33.1. The summed E-state index contributed by atoms with van der Waals surface area (Å²) in [4.78, 5) is 0. The zero-order valence-corrected chi connectivity index (χ0v) is 28.7. The van der Waals surface area contributed by atoms with E-state index in [9.17, 15) is 10.2 Å². The molecule has 0 heterocycles. The first-order valence-corrected chi connectivity index (χ1v) is 16.2. The molecule has 0 aromatic rings. The smallest absolute Gasteiger partial charge is 0.120 e. The van der Waals surface area contributed by atoms with Gasteiger partial charge in [-0.1, -0.05) is 128 Å². The summed E-state index contributed by atoms with van der Waals surface area (Å²) in [7, 11) is 3.66. The van der Waals surface area contributed by atoms with Crippen LogP contribution >= 0.6 is 21.6 Å². The molecule has 2 aliphatic carbocycles. The highest BCUT2D eigenvalue weighted by Crippen LogP contribution is 2.56. The van der Waals surface area contributed by atoms with Crippen LogP contribution < -0.4 is 0 Å². The van der Waals surface area contributed by atoms with Crippen LogP contribution in [0.4, 0.5) is 0 Å². The molecule has 4 heteroatoms. The molecule has 2 unspecified atom stereocenters. The zero-order chi connectivity index (χ0) is 29.8. The van der Waals surface area contributed by atoms with E-state index in [-0.39, 0.29) is 32.2 Å². The van der Waals surface area contributed by atoms with Crippen LogP contribution in [0.25, 0.3) is 0 Å². The minimum atomic E-state index is -0.205. The van der Waals surface area contributed by atoms with Gasteiger partial charge in [-0.3, -0.25) is 0 Å². The third-order valence-electron chi connectivity index (χ3n) is 7.34. The maximum Gasteiger partial charge on any atom is 0.120 e. The predicted molar refractivity (Wildman–Crippen MR) is 173 cm³/mol. The van der Waals surface area contributed by atoms with Gasteiger partial charge in [0.25, 0.3) is 0 Å². The van der Waals surface area contributed by atoms with Crippen LogP contribution in [0, 0.1) is 21.7 Å². The molecule has 0 bridgehead atoms. The number of aliphatic hydroxyl groups excluding tert-OH is 2. The molecule has 0 radical (unpaired) electrons. The second-order valence-corrected chi connectivity index (χ2v) is 18.0. The lowest BCUT2D eigenvalue weighted by atomic mass is 9.72. The van der Waals surface area contributed by atoms with Gasteiger partial charge in [0.2, 0.25) is 0 Å². The number of rotatable bonds is 3. The molecular weight excluding hydrogens is 505 g/mol. The van der Waals surface area contributed by atoms with Crippen molar-refractivity contribution < 1.29 is 10.2 Å². The van der Waals surface area contributed by atoms with Crippen LogP contribution in [0.15, 0.2) is 68.3 Å². The van der Waals surface area contributed by atoms with E-state index >= 15 is 0 Å². The van der Waals surface area contributed by atoms with Crippen molar-refractivity contribution in [3.63, 3.8) is 0 Å². The zero-order valence-electron chi connectivity index (χ0n) is 27.0. The molecule has 0 fully saturated rings. The fourth-order valence-corrected chi connectivity index (χ4v) is 9.24. The summed E-state index contributed by atoms with van der Waals surface area (Å²) in [5.41, 5.74) is 8.56. The molecule has 2 nitrogen and oxygen atoms in total. The molecule has 0 saturated heterocycles. The summed E-state index contributed by atoms with van der Waals surface area (Å²) in [5.74, 6) is 0.895. The van der Waals surface area contributed by atoms with Crippen molar-refractivity contribution in [2.45, 2.75) is 121 Å². The molecule has 0 aliphatic heterocycles. The Hall–Kier alpha value is -1.26. The summed E-state index contributed by atoms with van der Waals surface area (Å²) in [6.45, 7) is 35.0. The average molecular weight is 559 g/mol. The van der Waals surface area contributed by atoms with Crippen molar-refractivity contribution in [3.8, 4) is 0 Å². The largest absolute Gasteiger partial charge is 0.508 e. The highest BCUT2D eigenvalue weighted by molar-refractivity contribution is 8.77. The first-order valence-electron chi connectivity index (χ1n) is 13.9. The maximum atomic E-state index is 11.7. The van der Waals surface area contributed by atoms with Crippen LogP contribution in [0.1, 0.15) is 111 Å². The molecule has 2 rings (SSSR count). The predicted octanol–water partition coefficient (Wildman–Crippen LogP) is 11.5. The topological polar surface area (TPSA) is 40.5 Å². The quantitative estimate of drug-likeness (QED) is 0.338. The van der Waals surface area contributed by atoms with Crippen LogP contribution in [-0.4, -0.2) is 20.7 Å². The van der Waals surface area contributed by atoms with Gasteiger partial charge in [0.1, 0.15) is 11.5 Å². The van der Waals surface area contributed by atoms with E-state index in [2.05, 4.69) is 123 Å². The monoisotopic (exact) mass is 558 g/mol. The number of hydrogen-bond acceptors (Lipinski definition) is 4. The molecule has 0 spiro atoms. The van der Waals surface area contributed by atoms with Gasteiger partial charge in [0, 0.05) is 0 Å². The Balaban J connectivity index is 2.73. The molecule has 0 saturated carbocycles. The molecular formula is C34H54O2S2. The summed E-state index contributed by atoms with van der Waals surface area (Å²) >= 11 is 0. The van der Waals surface area contributed by atoms with E-state index in [1.165, 1.54) is 22.3 Å². The van der Waals surface area contributed by atoms with Gasteiger partial charge in [-0.25, -0.2) is 0 Å². The maximum absolute atomic E-state index is 11.7. The van der Waals surface area contributed by atoms with E-state index in [1.807, 2.05) is 21.6 Å². The molecule has 214 valence electrons. The minimum absolute atomic E-state index is 0.0193. The lowest BCUT2D eigenvalue weighted by Crippen LogP contribution is -2.31. The summed E-state index contributed by atoms with van der Waals surface area (Å²) in [5, 5.41) is 23.4. The molecule has 38 heavy (non-hydrogen) atoms. The van der Waals surface area contributed by atoms with Crippen molar-refractivity contribution in [3.05, 3.63) is 68.3 Å². The van der Waals surface area contributed by atoms with E-state index < -0.39 is 0 Å². The number of hydrogen-bond donors (Lipinski definition) is 2. The molecule has 0 amide bonds. The number of aliphatic hydroxyl groups is 2. The SMILES string of the molecule is CC(C)=C1C=C(C(C)(C)C)C(O)=C(C(C)(C)C)C1SSC1C(=C(C)C)C=C(C(C)(C)C)C(O)=C1C(C)(C)C. The van der Waals surface area contributed by atoms with Gasteiger partial charge >= 0.3 is 0 Å². The summed E-state index contributed by atoms with van der Waals surface area (Å²) in [6.07, 6.45) is 4.47. The van der Waals surface area contributed by atoms with E-state index in [0.717, 1.165) is 22.3 Å². The molecule has 2 N–H and O–H groups in total. The number of allylic oxidation sites excluding steroid dienone is 6. The van der Waals surface area contributed by atoms with Crippen LogP contribution in [0.2, 0.25) is 0 Å². The Morgan fingerprint density at radius 3 is 0.974 bits per heavy atom. The normalized spacial score (nSPS) is 22.1. The summed E-state index contributed by atoms with van der Waals surface area (Å²) in [6, 6.07) is 0. The van der Waals surface area contributed by atoms with Gasteiger partial charge in [-0.2, -0.15) is 0 Å². The standard InChI is InChI=1S/C34H54O2S2/c1-19(2)21-17-23(31(5,6)7)27(35)25(33(11,12)13)29(21)37-38-30-22(20(3)4)18-24(32(8,9)10)28(36)26(30)34(14,15)16/h17-18,29-30,35-36H,1-16H3. The van der Waals surface area contributed by atoms with Crippen molar-refractivity contribution in [2.75, 3.05) is 0 Å². The Morgan fingerprint density at radius 2 is 0.789 bits per heavy atom. The van der Waals surface area contributed by atoms with Crippen LogP contribution in [0.3, 0.4) is 0 Å². The Labute approximate surface area is 242 Å². The third-order valence-corrected chi connectivity index (χ3v) is 10.3. The van der Waals surface area contributed by atoms with Crippen molar-refractivity contribution in [2.24, 2.45) is 21.7 Å². The Kier molecular flexibility index (Phi) is 9.50. The van der Waals surface area contributed by atoms with Gasteiger partial charge < -0.3 is 10.2 Å². The fraction of sp³-hybridized carbons (Fsp3) is 0.647. The molecule has 2 atom stereocenters. The van der Waals surface area contributed by atoms with E-state index in [1.54, 1.807) is 0 Å². The first-order chi connectivity index (χ1) is 16.9. The third kappa shape index (κ3) is 6.89. The lowest BCUT2D eigenvalue weighted by molar-refractivity contribution is 0.343. The van der Waals surface area contributed by atoms with Gasteiger partial charge in [-0.05, 0) is 82.8 Å². The Bertz CT molecular complexity index is 1040. The molecule has 0 aromatic heterocycles. The van der Waals surface area contributed by atoms with Gasteiger partial charge in [0.05, 0.1) is 10.5 Å².